The number of carbonyl (C=O) groups excluding carboxylic acids is 1. The van der Waals surface area contributed by atoms with E-state index >= 15 is 0 Å². The zero-order valence-corrected chi connectivity index (χ0v) is 14.9. The number of benzene rings is 1. The Kier molecular flexibility index (Phi) is 4.21. The number of aryl methyl sites for hydroxylation is 3. The maximum Gasteiger partial charge on any atom is 0.272 e. The van der Waals surface area contributed by atoms with Crippen LogP contribution in [0.15, 0.2) is 24.3 Å². The zero-order valence-electron chi connectivity index (χ0n) is 14.0. The second-order valence-corrected chi connectivity index (χ2v) is 8.65. The highest BCUT2D eigenvalue weighted by Crippen LogP contribution is 2.17. The minimum Gasteiger partial charge on any atom is -0.347 e. The molecule has 24 heavy (non-hydrogen) atoms. The first-order valence-electron chi connectivity index (χ1n) is 7.91. The molecule has 0 aliphatic carbocycles. The van der Waals surface area contributed by atoms with Crippen LogP contribution < -0.4 is 5.32 Å². The van der Waals surface area contributed by atoms with Crippen LogP contribution in [0.4, 0.5) is 0 Å². The van der Waals surface area contributed by atoms with E-state index in [0.717, 1.165) is 16.9 Å². The predicted octanol–water partition coefficient (Wildman–Crippen LogP) is 1.71. The molecule has 2 heterocycles. The van der Waals surface area contributed by atoms with Gasteiger partial charge in [0, 0.05) is 11.7 Å². The molecule has 6 nitrogen and oxygen atoms in total. The molecule has 1 aromatic carbocycles. The molecule has 0 radical (unpaired) electrons. The summed E-state index contributed by atoms with van der Waals surface area (Å²) in [4.78, 5) is 12.3. The number of nitrogens with one attached hydrogen (secondary N) is 1. The van der Waals surface area contributed by atoms with E-state index in [0.29, 0.717) is 12.1 Å². The molecule has 1 aliphatic heterocycles. The van der Waals surface area contributed by atoms with Crippen molar-refractivity contribution in [1.82, 2.24) is 15.1 Å². The quantitative estimate of drug-likeness (QED) is 0.916. The molecule has 0 bridgehead atoms. The lowest BCUT2D eigenvalue weighted by molar-refractivity contribution is 0.0935. The SMILES string of the molecule is Cc1ccc(-n2nc(C(=O)NC3CCS(=O)(=O)C3)cc2C)cc1C. The number of carbonyl (C=O) groups is 1. The Bertz CT molecular complexity index is 900. The summed E-state index contributed by atoms with van der Waals surface area (Å²) in [5.41, 5.74) is 4.41. The Labute approximate surface area is 141 Å². The summed E-state index contributed by atoms with van der Waals surface area (Å²) in [7, 11) is -3.02. The summed E-state index contributed by atoms with van der Waals surface area (Å²) in [5.74, 6) is -0.188. The van der Waals surface area contributed by atoms with Crippen LogP contribution in [-0.4, -0.2) is 41.7 Å². The summed E-state index contributed by atoms with van der Waals surface area (Å²) in [6, 6.07) is 7.41. The molecular formula is C17H21N3O3S. The monoisotopic (exact) mass is 347 g/mol. The molecule has 1 aromatic heterocycles. The van der Waals surface area contributed by atoms with Crippen LogP contribution in [0.25, 0.3) is 5.69 Å². The molecule has 1 fully saturated rings. The average molecular weight is 347 g/mol. The van der Waals surface area contributed by atoms with Gasteiger partial charge in [-0.1, -0.05) is 6.07 Å². The standard InChI is InChI=1S/C17H21N3O3S/c1-11-4-5-15(8-12(11)2)20-13(3)9-16(19-20)17(21)18-14-6-7-24(22,23)10-14/h4-5,8-9,14H,6-7,10H2,1-3H3,(H,18,21). The van der Waals surface area contributed by atoms with Gasteiger partial charge >= 0.3 is 0 Å². The lowest BCUT2D eigenvalue weighted by Crippen LogP contribution is -2.35. The minimum absolute atomic E-state index is 0.00951. The van der Waals surface area contributed by atoms with Gasteiger partial charge in [-0.05, 0) is 56.5 Å². The Morgan fingerprint density at radius 2 is 1.96 bits per heavy atom. The topological polar surface area (TPSA) is 81.1 Å². The second kappa shape index (κ2) is 6.05. The van der Waals surface area contributed by atoms with Crippen molar-refractivity contribution in [3.8, 4) is 5.69 Å². The molecule has 2 aromatic rings. The molecule has 1 N–H and O–H groups in total. The summed E-state index contributed by atoms with van der Waals surface area (Å²) in [6.07, 6.45) is 0.463. The maximum atomic E-state index is 12.3. The van der Waals surface area contributed by atoms with Crippen molar-refractivity contribution in [3.05, 3.63) is 46.8 Å². The molecular weight excluding hydrogens is 326 g/mol. The van der Waals surface area contributed by atoms with E-state index in [1.807, 2.05) is 39.0 Å². The molecule has 7 heteroatoms. The zero-order chi connectivity index (χ0) is 17.5. The third-order valence-electron chi connectivity index (χ3n) is 4.42. The fourth-order valence-electron chi connectivity index (χ4n) is 2.87. The number of rotatable bonds is 3. The Morgan fingerprint density at radius 3 is 2.58 bits per heavy atom. The van der Waals surface area contributed by atoms with Crippen LogP contribution in [0.1, 0.15) is 33.7 Å². The summed E-state index contributed by atoms with van der Waals surface area (Å²) < 4.78 is 24.7. The molecule has 1 unspecified atom stereocenters. The highest BCUT2D eigenvalue weighted by Gasteiger charge is 2.29. The van der Waals surface area contributed by atoms with Crippen molar-refractivity contribution in [2.45, 2.75) is 33.2 Å². The molecule has 0 spiro atoms. The normalized spacial score (nSPS) is 19.4. The lowest BCUT2D eigenvalue weighted by Gasteiger charge is -2.09. The molecule has 128 valence electrons. The van der Waals surface area contributed by atoms with E-state index < -0.39 is 9.84 Å². The number of hydrogen-bond acceptors (Lipinski definition) is 4. The van der Waals surface area contributed by atoms with Crippen molar-refractivity contribution in [2.75, 3.05) is 11.5 Å². The van der Waals surface area contributed by atoms with Crippen molar-refractivity contribution >= 4 is 15.7 Å². The summed E-state index contributed by atoms with van der Waals surface area (Å²) >= 11 is 0. The van der Waals surface area contributed by atoms with E-state index in [-0.39, 0.29) is 23.5 Å². The number of amides is 1. The maximum absolute atomic E-state index is 12.3. The molecule has 3 rings (SSSR count). The minimum atomic E-state index is -3.02. The van der Waals surface area contributed by atoms with Gasteiger partial charge in [0.25, 0.3) is 5.91 Å². The number of sulfone groups is 1. The molecule has 1 saturated heterocycles. The first kappa shape index (κ1) is 16.7. The van der Waals surface area contributed by atoms with Gasteiger partial charge in [0.2, 0.25) is 0 Å². The van der Waals surface area contributed by atoms with Gasteiger partial charge in [0.05, 0.1) is 17.2 Å². The highest BCUT2D eigenvalue weighted by atomic mass is 32.2. The third kappa shape index (κ3) is 3.36. The van der Waals surface area contributed by atoms with Crippen LogP contribution in [-0.2, 0) is 9.84 Å². The van der Waals surface area contributed by atoms with Crippen LogP contribution >= 0.6 is 0 Å². The Morgan fingerprint density at radius 1 is 1.21 bits per heavy atom. The van der Waals surface area contributed by atoms with Gasteiger partial charge in [-0.15, -0.1) is 0 Å². The van der Waals surface area contributed by atoms with E-state index in [2.05, 4.69) is 10.4 Å². The van der Waals surface area contributed by atoms with E-state index in [9.17, 15) is 13.2 Å². The van der Waals surface area contributed by atoms with Crippen LogP contribution in [0.5, 0.6) is 0 Å². The van der Waals surface area contributed by atoms with Crippen molar-refractivity contribution in [3.63, 3.8) is 0 Å². The Hall–Kier alpha value is -2.15. The molecule has 1 amide bonds. The largest absolute Gasteiger partial charge is 0.347 e. The number of aromatic nitrogens is 2. The average Bonchev–Trinajstić information content (AvgIpc) is 3.05. The van der Waals surface area contributed by atoms with Gasteiger partial charge in [-0.2, -0.15) is 5.10 Å². The molecule has 1 atom stereocenters. The predicted molar refractivity (Wildman–Crippen MR) is 92.3 cm³/mol. The molecule has 1 aliphatic rings. The van der Waals surface area contributed by atoms with Gasteiger partial charge in [0.1, 0.15) is 0 Å². The van der Waals surface area contributed by atoms with Gasteiger partial charge < -0.3 is 5.32 Å². The number of nitrogens with zero attached hydrogens (tertiary/aromatic N) is 2. The fourth-order valence-corrected chi connectivity index (χ4v) is 4.55. The van der Waals surface area contributed by atoms with Crippen molar-refractivity contribution in [2.24, 2.45) is 0 Å². The van der Waals surface area contributed by atoms with Crippen molar-refractivity contribution in [1.29, 1.82) is 0 Å². The van der Waals surface area contributed by atoms with E-state index in [4.69, 9.17) is 0 Å². The first-order valence-corrected chi connectivity index (χ1v) is 9.73. The van der Waals surface area contributed by atoms with Gasteiger partial charge in [0.15, 0.2) is 15.5 Å². The van der Waals surface area contributed by atoms with Crippen LogP contribution in [0, 0.1) is 20.8 Å². The number of hydrogen-bond donors (Lipinski definition) is 1. The second-order valence-electron chi connectivity index (χ2n) is 6.42. The van der Waals surface area contributed by atoms with E-state index in [1.54, 1.807) is 10.7 Å². The van der Waals surface area contributed by atoms with Crippen molar-refractivity contribution < 1.29 is 13.2 Å². The lowest BCUT2D eigenvalue weighted by atomic mass is 10.1. The van der Waals surface area contributed by atoms with Gasteiger partial charge in [-0.3, -0.25) is 4.79 Å². The first-order chi connectivity index (χ1) is 11.2. The molecule has 0 saturated carbocycles. The smallest absolute Gasteiger partial charge is 0.272 e. The van der Waals surface area contributed by atoms with Crippen LogP contribution in [0.2, 0.25) is 0 Å². The fraction of sp³-hybridized carbons (Fsp3) is 0.412. The van der Waals surface area contributed by atoms with Crippen LogP contribution in [0.3, 0.4) is 0 Å². The summed E-state index contributed by atoms with van der Waals surface area (Å²) in [5, 5.41) is 7.15. The highest BCUT2D eigenvalue weighted by molar-refractivity contribution is 7.91. The van der Waals surface area contributed by atoms with Gasteiger partial charge in [-0.25, -0.2) is 13.1 Å². The Balaban J connectivity index is 1.80. The third-order valence-corrected chi connectivity index (χ3v) is 6.19. The summed E-state index contributed by atoms with van der Waals surface area (Å²) in [6.45, 7) is 5.97. The van der Waals surface area contributed by atoms with E-state index in [1.165, 1.54) is 5.56 Å².